The van der Waals surface area contributed by atoms with Gasteiger partial charge in [-0.15, -0.1) is 0 Å². The zero-order valence-corrected chi connectivity index (χ0v) is 18.9. The Hall–Kier alpha value is -3.29. The standard InChI is InChI=1S/C26H24N2O4S/c27-15-16-9-10-18-22(13-16)32-26-20-7-4-12-28-11-3-5-17(25(20)28)14-21(26)24(18)19-6-1-2-8-23(19)33(29,30)31/h1-2,6,8-10,13-15H,3-5,7,11-12,27H2,(H,29,30,31)/b16-15+. The second-order valence-electron chi connectivity index (χ2n) is 8.80. The molecular formula is C26H24N2O4S. The molecule has 6 nitrogen and oxygen atoms in total. The fourth-order valence-corrected chi connectivity index (χ4v) is 6.21. The van der Waals surface area contributed by atoms with Crippen LogP contribution in [0.5, 0.6) is 11.5 Å². The zero-order valence-electron chi connectivity index (χ0n) is 18.0. The summed E-state index contributed by atoms with van der Waals surface area (Å²) in [7, 11) is -4.43. The number of anilines is 1. The second-order valence-corrected chi connectivity index (χ2v) is 10.2. The van der Waals surface area contributed by atoms with Crippen molar-refractivity contribution in [1.82, 2.24) is 0 Å². The highest BCUT2D eigenvalue weighted by atomic mass is 32.2. The molecule has 0 bridgehead atoms. The lowest BCUT2D eigenvalue weighted by molar-refractivity contribution is 0.460. The minimum absolute atomic E-state index is 0.110. The summed E-state index contributed by atoms with van der Waals surface area (Å²) in [4.78, 5) is 2.34. The lowest BCUT2D eigenvalue weighted by Gasteiger charge is -2.39. The summed E-state index contributed by atoms with van der Waals surface area (Å²) < 4.78 is 41.2. The number of fused-ring (bicyclic) bond motifs is 3. The Morgan fingerprint density at radius 1 is 1.00 bits per heavy atom. The average molecular weight is 461 g/mol. The van der Waals surface area contributed by atoms with E-state index in [1.165, 1.54) is 29.1 Å². The Morgan fingerprint density at radius 3 is 2.58 bits per heavy atom. The monoisotopic (exact) mass is 460 g/mol. The van der Waals surface area contributed by atoms with Gasteiger partial charge in [0.05, 0.1) is 0 Å². The highest BCUT2D eigenvalue weighted by Gasteiger charge is 2.33. The van der Waals surface area contributed by atoms with Gasteiger partial charge in [-0.3, -0.25) is 4.55 Å². The first-order chi connectivity index (χ1) is 16.0. The predicted octanol–water partition coefficient (Wildman–Crippen LogP) is 2.68. The van der Waals surface area contributed by atoms with Crippen LogP contribution in [0.15, 0.2) is 53.4 Å². The molecule has 0 saturated heterocycles. The molecule has 0 fully saturated rings. The maximum atomic E-state index is 12.3. The molecule has 3 aliphatic rings. The fourth-order valence-electron chi connectivity index (χ4n) is 5.51. The van der Waals surface area contributed by atoms with E-state index in [1.54, 1.807) is 18.2 Å². The molecule has 0 radical (unpaired) electrons. The predicted molar refractivity (Wildman–Crippen MR) is 128 cm³/mol. The minimum Gasteiger partial charge on any atom is -0.456 e. The average Bonchev–Trinajstić information content (AvgIpc) is 2.82. The highest BCUT2D eigenvalue weighted by molar-refractivity contribution is 7.86. The van der Waals surface area contributed by atoms with Gasteiger partial charge in [-0.25, -0.2) is 0 Å². The SMILES string of the molecule is N/C=c1\ccc2c(c1)Oc1c(cc3c4c1CCCN4CCC3)C=2c1ccccc1S(=O)(=O)O. The van der Waals surface area contributed by atoms with Gasteiger partial charge in [-0.1, -0.05) is 24.3 Å². The molecule has 0 unspecified atom stereocenters. The summed E-state index contributed by atoms with van der Waals surface area (Å²) in [5, 5.41) is 1.59. The molecule has 0 atom stereocenters. The smallest absolute Gasteiger partial charge is 0.295 e. The summed E-state index contributed by atoms with van der Waals surface area (Å²) in [5.41, 5.74) is 11.6. The van der Waals surface area contributed by atoms with E-state index in [0.29, 0.717) is 11.3 Å². The topological polar surface area (TPSA) is 92.9 Å². The molecule has 3 aromatic rings. The van der Waals surface area contributed by atoms with Crippen LogP contribution in [0.4, 0.5) is 5.69 Å². The molecule has 3 heterocycles. The first-order valence-electron chi connectivity index (χ1n) is 11.2. The van der Waals surface area contributed by atoms with Crippen molar-refractivity contribution in [2.24, 2.45) is 5.73 Å². The van der Waals surface area contributed by atoms with Crippen molar-refractivity contribution in [2.45, 2.75) is 30.6 Å². The van der Waals surface area contributed by atoms with Gasteiger partial charge >= 0.3 is 0 Å². The van der Waals surface area contributed by atoms with Crippen LogP contribution in [0.3, 0.4) is 0 Å². The van der Waals surface area contributed by atoms with Gasteiger partial charge in [0, 0.05) is 52.5 Å². The molecule has 0 amide bonds. The van der Waals surface area contributed by atoms with Crippen LogP contribution in [0, 0.1) is 0 Å². The van der Waals surface area contributed by atoms with Gasteiger partial charge in [0.1, 0.15) is 16.4 Å². The van der Waals surface area contributed by atoms with E-state index in [2.05, 4.69) is 11.0 Å². The Labute approximate surface area is 192 Å². The number of ether oxygens (including phenoxy) is 1. The third kappa shape index (κ3) is 3.14. The van der Waals surface area contributed by atoms with E-state index in [9.17, 15) is 13.0 Å². The van der Waals surface area contributed by atoms with Gasteiger partial charge in [0.15, 0.2) is 0 Å². The molecule has 6 rings (SSSR count). The quantitative estimate of drug-likeness (QED) is 0.447. The van der Waals surface area contributed by atoms with Crippen molar-refractivity contribution in [1.29, 1.82) is 0 Å². The molecule has 3 aromatic carbocycles. The summed E-state index contributed by atoms with van der Waals surface area (Å²) in [6, 6.07) is 14.4. The molecule has 7 heteroatoms. The Kier molecular flexibility index (Phi) is 4.54. The van der Waals surface area contributed by atoms with Crippen LogP contribution in [0.2, 0.25) is 0 Å². The van der Waals surface area contributed by atoms with Crippen molar-refractivity contribution in [2.75, 3.05) is 18.0 Å². The summed E-state index contributed by atoms with van der Waals surface area (Å²) in [6.07, 6.45) is 5.55. The van der Waals surface area contributed by atoms with Crippen molar-refractivity contribution in [3.05, 3.63) is 81.2 Å². The second kappa shape index (κ2) is 7.37. The van der Waals surface area contributed by atoms with Crippen molar-refractivity contribution >= 4 is 27.6 Å². The Bertz CT molecular complexity index is 1540. The maximum absolute atomic E-state index is 12.3. The van der Waals surface area contributed by atoms with Crippen LogP contribution >= 0.6 is 0 Å². The number of hydrogen-bond acceptors (Lipinski definition) is 5. The maximum Gasteiger partial charge on any atom is 0.295 e. The zero-order chi connectivity index (χ0) is 22.7. The highest BCUT2D eigenvalue weighted by Crippen LogP contribution is 2.48. The normalized spacial score (nSPS) is 17.2. The Balaban J connectivity index is 1.76. The van der Waals surface area contributed by atoms with E-state index in [-0.39, 0.29) is 4.90 Å². The van der Waals surface area contributed by atoms with Gasteiger partial charge in [-0.2, -0.15) is 8.42 Å². The van der Waals surface area contributed by atoms with E-state index in [1.807, 2.05) is 18.2 Å². The summed E-state index contributed by atoms with van der Waals surface area (Å²) in [6.45, 7) is 2.09. The first-order valence-corrected chi connectivity index (χ1v) is 12.6. The van der Waals surface area contributed by atoms with Crippen LogP contribution in [0.25, 0.3) is 11.8 Å². The molecule has 3 aliphatic heterocycles. The molecule has 0 aromatic heterocycles. The molecule has 0 saturated carbocycles. The van der Waals surface area contributed by atoms with Crippen LogP contribution in [0.1, 0.15) is 35.1 Å². The molecule has 0 spiro atoms. The van der Waals surface area contributed by atoms with Gasteiger partial charge in [0.25, 0.3) is 10.1 Å². The minimum atomic E-state index is -4.43. The number of nitrogens with two attached hydrogens (primary N) is 1. The van der Waals surface area contributed by atoms with Gasteiger partial charge in [-0.05, 0) is 60.7 Å². The van der Waals surface area contributed by atoms with Gasteiger partial charge in [0.2, 0.25) is 0 Å². The van der Waals surface area contributed by atoms with E-state index in [0.717, 1.165) is 66.1 Å². The van der Waals surface area contributed by atoms with Crippen LogP contribution in [-0.4, -0.2) is 26.1 Å². The third-order valence-corrected chi connectivity index (χ3v) is 7.77. The molecule has 0 aliphatic carbocycles. The molecular weight excluding hydrogens is 436 g/mol. The van der Waals surface area contributed by atoms with Crippen LogP contribution < -0.4 is 25.8 Å². The van der Waals surface area contributed by atoms with E-state index < -0.39 is 10.1 Å². The van der Waals surface area contributed by atoms with E-state index in [4.69, 9.17) is 10.5 Å². The largest absolute Gasteiger partial charge is 0.456 e. The summed E-state index contributed by atoms with van der Waals surface area (Å²) in [5.74, 6) is 1.41. The number of hydrogen-bond donors (Lipinski definition) is 2. The number of benzene rings is 3. The first kappa shape index (κ1) is 20.3. The number of aryl methyl sites for hydroxylation is 1. The molecule has 33 heavy (non-hydrogen) atoms. The third-order valence-electron chi connectivity index (χ3n) is 6.86. The lowest BCUT2D eigenvalue weighted by Crippen LogP contribution is -2.35. The number of nitrogens with zero attached hydrogens (tertiary/aromatic N) is 1. The van der Waals surface area contributed by atoms with Crippen molar-refractivity contribution < 1.29 is 17.7 Å². The number of rotatable bonds is 2. The van der Waals surface area contributed by atoms with Gasteiger partial charge < -0.3 is 15.4 Å². The fraction of sp³-hybridized carbons (Fsp3) is 0.231. The van der Waals surface area contributed by atoms with Crippen molar-refractivity contribution in [3.63, 3.8) is 0 Å². The lowest BCUT2D eigenvalue weighted by atomic mass is 9.84. The van der Waals surface area contributed by atoms with E-state index >= 15 is 0 Å². The molecule has 3 N–H and O–H groups in total. The molecule has 168 valence electrons. The Morgan fingerprint density at radius 2 is 1.79 bits per heavy atom. The van der Waals surface area contributed by atoms with Crippen LogP contribution in [-0.2, 0) is 23.0 Å². The van der Waals surface area contributed by atoms with Crippen molar-refractivity contribution in [3.8, 4) is 11.5 Å². The summed E-state index contributed by atoms with van der Waals surface area (Å²) >= 11 is 0.